The van der Waals surface area contributed by atoms with Crippen LogP contribution in [0.15, 0.2) is 10.4 Å². The van der Waals surface area contributed by atoms with Gasteiger partial charge in [0.15, 0.2) is 5.96 Å². The van der Waals surface area contributed by atoms with Gasteiger partial charge in [-0.15, -0.1) is 35.3 Å². The fourth-order valence-corrected chi connectivity index (χ4v) is 4.00. The minimum Gasteiger partial charge on any atom is -0.357 e. The molecule has 1 aliphatic heterocycles. The van der Waals surface area contributed by atoms with Crippen LogP contribution in [0, 0.1) is 6.92 Å². The van der Waals surface area contributed by atoms with Crippen molar-refractivity contribution in [3.8, 4) is 0 Å². The fourth-order valence-electron chi connectivity index (χ4n) is 3.40. The maximum atomic E-state index is 12.3. The van der Waals surface area contributed by atoms with Gasteiger partial charge < -0.3 is 15.1 Å². The van der Waals surface area contributed by atoms with E-state index in [1.807, 2.05) is 28.1 Å². The van der Waals surface area contributed by atoms with Gasteiger partial charge in [0.2, 0.25) is 5.91 Å². The van der Waals surface area contributed by atoms with Gasteiger partial charge in [-0.05, 0) is 39.7 Å². The monoisotopic (exact) mass is 522 g/mol. The maximum Gasteiger partial charge on any atom is 0.239 e. The normalized spacial score (nSPS) is 17.3. The van der Waals surface area contributed by atoms with E-state index in [0.717, 1.165) is 68.6 Å². The number of hydrogen-bond acceptors (Lipinski definition) is 5. The highest BCUT2D eigenvalue weighted by Gasteiger charge is 2.30. The van der Waals surface area contributed by atoms with E-state index in [2.05, 4.69) is 32.4 Å². The summed E-state index contributed by atoms with van der Waals surface area (Å²) in [6, 6.07) is 0.0489. The van der Waals surface area contributed by atoms with E-state index >= 15 is 0 Å². The standard InChI is InChI=1S/C19H34N6OS.HI/c1-6-20-19(24(5)13-16-14-27-15(2)22-16)21-10-8-12-25-11-7-9-17(25)18(26)23(3)4;/h14,17H,6-13H2,1-5H3,(H,20,21);1H. The summed E-state index contributed by atoms with van der Waals surface area (Å²) in [4.78, 5) is 27.7. The Morgan fingerprint density at radius 2 is 2.18 bits per heavy atom. The average molecular weight is 523 g/mol. The number of nitrogens with zero attached hydrogens (tertiary/aromatic N) is 5. The van der Waals surface area contributed by atoms with E-state index in [1.165, 1.54) is 0 Å². The van der Waals surface area contributed by atoms with Gasteiger partial charge in [0.1, 0.15) is 0 Å². The minimum atomic E-state index is 0. The highest BCUT2D eigenvalue weighted by molar-refractivity contribution is 14.0. The molecule has 1 N–H and O–H groups in total. The number of aryl methyl sites for hydroxylation is 1. The second-order valence-corrected chi connectivity index (χ2v) is 8.29. The summed E-state index contributed by atoms with van der Waals surface area (Å²) in [5.41, 5.74) is 1.08. The molecule has 1 atom stereocenters. The largest absolute Gasteiger partial charge is 0.357 e. The maximum absolute atomic E-state index is 12.3. The van der Waals surface area contributed by atoms with Crippen LogP contribution >= 0.6 is 35.3 Å². The molecule has 0 spiro atoms. The van der Waals surface area contributed by atoms with Gasteiger partial charge in [-0.1, -0.05) is 0 Å². The molecule has 2 rings (SSSR count). The van der Waals surface area contributed by atoms with Crippen molar-refractivity contribution < 1.29 is 4.79 Å². The molecule has 0 aromatic carbocycles. The smallest absolute Gasteiger partial charge is 0.239 e. The van der Waals surface area contributed by atoms with Crippen molar-refractivity contribution in [2.24, 2.45) is 4.99 Å². The fraction of sp³-hybridized carbons (Fsp3) is 0.737. The number of halogens is 1. The van der Waals surface area contributed by atoms with E-state index in [4.69, 9.17) is 4.99 Å². The van der Waals surface area contributed by atoms with Gasteiger partial charge in [0.05, 0.1) is 23.3 Å². The molecule has 1 unspecified atom stereocenters. The molecule has 1 amide bonds. The summed E-state index contributed by atoms with van der Waals surface area (Å²) in [5.74, 6) is 1.13. The number of carbonyl (C=O) groups is 1. The van der Waals surface area contributed by atoms with Crippen LogP contribution in [-0.2, 0) is 11.3 Å². The van der Waals surface area contributed by atoms with Gasteiger partial charge in [-0.3, -0.25) is 14.7 Å². The second kappa shape index (κ2) is 12.6. The number of guanidine groups is 1. The van der Waals surface area contributed by atoms with E-state index in [0.29, 0.717) is 0 Å². The van der Waals surface area contributed by atoms with Crippen LogP contribution in [0.3, 0.4) is 0 Å². The van der Waals surface area contributed by atoms with Crippen molar-refractivity contribution in [3.05, 3.63) is 16.1 Å². The lowest BCUT2D eigenvalue weighted by molar-refractivity contribution is -0.133. The number of thiazole rings is 1. The Bertz CT molecular complexity index is 636. The summed E-state index contributed by atoms with van der Waals surface area (Å²) in [7, 11) is 5.72. The molecule has 1 aromatic heterocycles. The summed E-state index contributed by atoms with van der Waals surface area (Å²) >= 11 is 1.68. The SMILES string of the molecule is CCNC(=NCCCN1CCCC1C(=O)N(C)C)N(C)Cc1csc(C)n1.I. The second-order valence-electron chi connectivity index (χ2n) is 7.23. The molecule has 0 bridgehead atoms. The highest BCUT2D eigenvalue weighted by Crippen LogP contribution is 2.18. The van der Waals surface area contributed by atoms with Crippen LogP contribution in [-0.4, -0.2) is 84.9 Å². The van der Waals surface area contributed by atoms with Gasteiger partial charge in [-0.25, -0.2) is 4.98 Å². The number of likely N-dealkylation sites (tertiary alicyclic amines) is 1. The number of nitrogens with one attached hydrogen (secondary N) is 1. The Morgan fingerprint density at radius 3 is 2.79 bits per heavy atom. The van der Waals surface area contributed by atoms with Crippen LogP contribution in [0.4, 0.5) is 0 Å². The summed E-state index contributed by atoms with van der Waals surface area (Å²) in [5, 5.41) is 6.55. The molecule has 0 aliphatic carbocycles. The molecule has 1 fully saturated rings. The van der Waals surface area contributed by atoms with Crippen LogP contribution in [0.25, 0.3) is 0 Å². The first-order valence-electron chi connectivity index (χ1n) is 9.78. The third kappa shape index (κ3) is 7.47. The zero-order valence-corrected chi connectivity index (χ0v) is 20.9. The Balaban J connectivity index is 0.00000392. The summed E-state index contributed by atoms with van der Waals surface area (Å²) in [6.07, 6.45) is 3.03. The lowest BCUT2D eigenvalue weighted by Gasteiger charge is -2.26. The number of hydrogen-bond donors (Lipinski definition) is 1. The average Bonchev–Trinajstić information content (AvgIpc) is 3.25. The number of amides is 1. The molecule has 0 radical (unpaired) electrons. The van der Waals surface area contributed by atoms with Gasteiger partial charge in [0.25, 0.3) is 0 Å². The minimum absolute atomic E-state index is 0. The van der Waals surface area contributed by atoms with E-state index in [1.54, 1.807) is 16.2 Å². The third-order valence-corrected chi connectivity index (χ3v) is 5.54. The zero-order valence-electron chi connectivity index (χ0n) is 17.8. The van der Waals surface area contributed by atoms with Gasteiger partial charge in [-0.2, -0.15) is 0 Å². The van der Waals surface area contributed by atoms with Crippen LogP contribution in [0.2, 0.25) is 0 Å². The molecular formula is C19H35IN6OS. The van der Waals surface area contributed by atoms with Crippen molar-refractivity contribution in [3.63, 3.8) is 0 Å². The molecule has 1 saturated heterocycles. The number of aliphatic imine (C=N–C) groups is 1. The van der Waals surface area contributed by atoms with Crippen LogP contribution in [0.5, 0.6) is 0 Å². The Hall–Kier alpha value is -0.940. The molecule has 2 heterocycles. The predicted octanol–water partition coefficient (Wildman–Crippen LogP) is 2.41. The first-order chi connectivity index (χ1) is 12.9. The molecule has 0 saturated carbocycles. The molecule has 160 valence electrons. The van der Waals surface area contributed by atoms with Crippen LogP contribution in [0.1, 0.15) is 36.9 Å². The number of carbonyl (C=O) groups excluding carboxylic acids is 1. The Morgan fingerprint density at radius 1 is 1.43 bits per heavy atom. The Kier molecular flexibility index (Phi) is 11.3. The summed E-state index contributed by atoms with van der Waals surface area (Å²) in [6.45, 7) is 8.38. The number of rotatable bonds is 8. The lowest BCUT2D eigenvalue weighted by atomic mass is 10.2. The zero-order chi connectivity index (χ0) is 19.8. The van der Waals surface area contributed by atoms with E-state index in [9.17, 15) is 4.79 Å². The van der Waals surface area contributed by atoms with Crippen molar-refractivity contribution in [2.75, 3.05) is 47.3 Å². The lowest BCUT2D eigenvalue weighted by Crippen LogP contribution is -2.43. The Labute approximate surface area is 190 Å². The topological polar surface area (TPSA) is 64.1 Å². The van der Waals surface area contributed by atoms with Crippen molar-refractivity contribution in [2.45, 2.75) is 45.7 Å². The van der Waals surface area contributed by atoms with Crippen molar-refractivity contribution in [1.82, 2.24) is 25.0 Å². The third-order valence-electron chi connectivity index (χ3n) is 4.72. The quantitative estimate of drug-likeness (QED) is 0.246. The number of likely N-dealkylation sites (N-methyl/N-ethyl adjacent to an activating group) is 1. The molecule has 1 aliphatic rings. The molecule has 7 nitrogen and oxygen atoms in total. The van der Waals surface area contributed by atoms with Crippen LogP contribution < -0.4 is 5.32 Å². The molecule has 9 heteroatoms. The van der Waals surface area contributed by atoms with Gasteiger partial charge in [0, 0.05) is 46.2 Å². The highest BCUT2D eigenvalue weighted by atomic mass is 127. The van der Waals surface area contributed by atoms with Crippen molar-refractivity contribution >= 4 is 47.2 Å². The first kappa shape index (κ1) is 25.1. The van der Waals surface area contributed by atoms with E-state index < -0.39 is 0 Å². The van der Waals surface area contributed by atoms with E-state index in [-0.39, 0.29) is 35.9 Å². The first-order valence-corrected chi connectivity index (χ1v) is 10.7. The molecular weight excluding hydrogens is 487 g/mol. The molecule has 1 aromatic rings. The molecule has 28 heavy (non-hydrogen) atoms. The number of aromatic nitrogens is 1. The van der Waals surface area contributed by atoms with Gasteiger partial charge >= 0.3 is 0 Å². The predicted molar refractivity (Wildman–Crippen MR) is 128 cm³/mol. The van der Waals surface area contributed by atoms with Crippen molar-refractivity contribution in [1.29, 1.82) is 0 Å². The summed E-state index contributed by atoms with van der Waals surface area (Å²) < 4.78 is 0.